The van der Waals surface area contributed by atoms with Gasteiger partial charge >= 0.3 is 0 Å². The van der Waals surface area contributed by atoms with Crippen molar-refractivity contribution in [2.45, 2.75) is 38.6 Å². The van der Waals surface area contributed by atoms with Crippen LogP contribution in [-0.2, 0) is 14.8 Å². The molecule has 1 atom stereocenters. The molecule has 1 amide bonds. The van der Waals surface area contributed by atoms with Crippen molar-refractivity contribution in [3.63, 3.8) is 0 Å². The molecule has 180 valence electrons. The van der Waals surface area contributed by atoms with Crippen molar-refractivity contribution in [2.75, 3.05) is 49.5 Å². The third-order valence-electron chi connectivity index (χ3n) is 6.24. The summed E-state index contributed by atoms with van der Waals surface area (Å²) in [5.74, 6) is 0.0765. The lowest BCUT2D eigenvalue weighted by atomic mass is 10.1. The minimum absolute atomic E-state index is 0.180. The number of para-hydroxylation sites is 2. The summed E-state index contributed by atoms with van der Waals surface area (Å²) in [5.41, 5.74) is 1.92. The van der Waals surface area contributed by atoms with Crippen LogP contribution < -0.4 is 10.2 Å². The summed E-state index contributed by atoms with van der Waals surface area (Å²) in [5, 5.41) is 13.0. The van der Waals surface area contributed by atoms with Crippen LogP contribution >= 0.6 is 0 Å². The lowest BCUT2D eigenvalue weighted by Gasteiger charge is -2.38. The first kappa shape index (κ1) is 25.0. The van der Waals surface area contributed by atoms with Crippen LogP contribution in [0.25, 0.3) is 0 Å². The van der Waals surface area contributed by atoms with Gasteiger partial charge in [-0.05, 0) is 43.7 Å². The lowest BCUT2D eigenvalue weighted by Crippen LogP contribution is -2.52. The summed E-state index contributed by atoms with van der Waals surface area (Å²) >= 11 is 0. The van der Waals surface area contributed by atoms with Gasteiger partial charge in [0.1, 0.15) is 5.75 Å². The van der Waals surface area contributed by atoms with E-state index in [9.17, 15) is 18.3 Å². The molecule has 1 saturated heterocycles. The van der Waals surface area contributed by atoms with Gasteiger partial charge in [0.05, 0.1) is 16.6 Å². The molecule has 1 aliphatic heterocycles. The van der Waals surface area contributed by atoms with Crippen molar-refractivity contribution in [3.8, 4) is 5.75 Å². The minimum atomic E-state index is -3.62. The Balaban J connectivity index is 1.66. The number of phenols is 1. The van der Waals surface area contributed by atoms with Crippen LogP contribution in [0.2, 0.25) is 0 Å². The first-order valence-electron chi connectivity index (χ1n) is 11.4. The molecule has 0 bridgehead atoms. The summed E-state index contributed by atoms with van der Waals surface area (Å²) in [7, 11) is -3.62. The first-order valence-corrected chi connectivity index (χ1v) is 12.8. The number of anilines is 2. The van der Waals surface area contributed by atoms with Crippen LogP contribution in [0.3, 0.4) is 0 Å². The molecular weight excluding hydrogens is 440 g/mol. The van der Waals surface area contributed by atoms with E-state index in [4.69, 9.17) is 0 Å². The van der Waals surface area contributed by atoms with Crippen molar-refractivity contribution in [1.29, 1.82) is 0 Å². The smallest absolute Gasteiger partial charge is 0.243 e. The zero-order valence-corrected chi connectivity index (χ0v) is 20.6. The van der Waals surface area contributed by atoms with E-state index >= 15 is 0 Å². The second-order valence-electron chi connectivity index (χ2n) is 8.25. The molecule has 0 spiro atoms. The third kappa shape index (κ3) is 5.48. The Labute approximate surface area is 196 Å². The number of amides is 1. The van der Waals surface area contributed by atoms with Crippen LogP contribution in [0.1, 0.15) is 26.3 Å². The Bertz CT molecular complexity index is 1080. The van der Waals surface area contributed by atoms with E-state index in [1.807, 2.05) is 32.9 Å². The van der Waals surface area contributed by atoms with Gasteiger partial charge in [-0.15, -0.1) is 0 Å². The maximum absolute atomic E-state index is 13.0. The summed E-state index contributed by atoms with van der Waals surface area (Å²) in [6.45, 7) is 10.8. The highest BCUT2D eigenvalue weighted by atomic mass is 32.2. The van der Waals surface area contributed by atoms with Crippen molar-refractivity contribution < 1.29 is 18.3 Å². The Morgan fingerprint density at radius 3 is 2.33 bits per heavy atom. The SMILES string of the molecule is CCN(CC)S(=O)(=O)c1cc(NC(=O)C(C)N2CCN(c3ccccc3O)CC2)ccc1C. The molecule has 1 aliphatic rings. The topological polar surface area (TPSA) is 93.2 Å². The number of nitrogens with one attached hydrogen (secondary N) is 1. The van der Waals surface area contributed by atoms with Crippen molar-refractivity contribution >= 4 is 27.3 Å². The molecule has 0 aromatic heterocycles. The van der Waals surface area contributed by atoms with Gasteiger partial charge in [-0.25, -0.2) is 8.42 Å². The van der Waals surface area contributed by atoms with Gasteiger partial charge in [-0.3, -0.25) is 9.69 Å². The van der Waals surface area contributed by atoms with E-state index in [-0.39, 0.29) is 22.6 Å². The zero-order chi connectivity index (χ0) is 24.2. The monoisotopic (exact) mass is 474 g/mol. The molecule has 1 heterocycles. The third-order valence-corrected chi connectivity index (χ3v) is 8.43. The van der Waals surface area contributed by atoms with Gasteiger partial charge in [0, 0.05) is 45.0 Å². The van der Waals surface area contributed by atoms with Crippen LogP contribution in [0, 0.1) is 6.92 Å². The molecule has 0 aliphatic carbocycles. The van der Waals surface area contributed by atoms with Crippen molar-refractivity contribution in [3.05, 3.63) is 48.0 Å². The summed E-state index contributed by atoms with van der Waals surface area (Å²) in [6.07, 6.45) is 0. The molecule has 0 radical (unpaired) electrons. The molecule has 33 heavy (non-hydrogen) atoms. The normalized spacial score (nSPS) is 16.1. The largest absolute Gasteiger partial charge is 0.506 e. The predicted octanol–water partition coefficient (Wildman–Crippen LogP) is 2.88. The Hall–Kier alpha value is -2.62. The fourth-order valence-corrected chi connectivity index (χ4v) is 5.86. The van der Waals surface area contributed by atoms with E-state index in [1.54, 1.807) is 37.3 Å². The first-order chi connectivity index (χ1) is 15.7. The van der Waals surface area contributed by atoms with E-state index in [2.05, 4.69) is 15.1 Å². The van der Waals surface area contributed by atoms with Crippen LogP contribution in [0.5, 0.6) is 5.75 Å². The average Bonchev–Trinajstić information content (AvgIpc) is 2.80. The Kier molecular flexibility index (Phi) is 7.99. The van der Waals surface area contributed by atoms with Gasteiger partial charge in [0.2, 0.25) is 15.9 Å². The van der Waals surface area contributed by atoms with E-state index in [0.29, 0.717) is 50.5 Å². The number of benzene rings is 2. The number of phenolic OH excluding ortho intramolecular Hbond substituents is 1. The molecule has 2 aromatic carbocycles. The van der Waals surface area contributed by atoms with Gasteiger partial charge in [0.15, 0.2) is 0 Å². The number of aromatic hydroxyl groups is 1. The number of carbonyl (C=O) groups is 1. The quantitative estimate of drug-likeness (QED) is 0.611. The second-order valence-corrected chi connectivity index (χ2v) is 10.2. The summed E-state index contributed by atoms with van der Waals surface area (Å²) in [4.78, 5) is 17.4. The molecule has 1 fully saturated rings. The van der Waals surface area contributed by atoms with E-state index in [1.165, 1.54) is 4.31 Å². The second kappa shape index (κ2) is 10.5. The number of hydrogen-bond acceptors (Lipinski definition) is 6. The number of rotatable bonds is 8. The number of sulfonamides is 1. The minimum Gasteiger partial charge on any atom is -0.506 e. The highest BCUT2D eigenvalue weighted by Crippen LogP contribution is 2.28. The highest BCUT2D eigenvalue weighted by Gasteiger charge is 2.28. The maximum atomic E-state index is 13.0. The van der Waals surface area contributed by atoms with Gasteiger partial charge in [-0.2, -0.15) is 4.31 Å². The standard InChI is InChI=1S/C24H34N4O4S/c1-5-28(6-2)33(31,32)23-17-20(12-11-18(23)3)25-24(30)19(4)26-13-15-27(16-14-26)21-9-7-8-10-22(21)29/h7-12,17,19,29H,5-6,13-16H2,1-4H3,(H,25,30). The predicted molar refractivity (Wildman–Crippen MR) is 131 cm³/mol. The Morgan fingerprint density at radius 2 is 1.73 bits per heavy atom. The van der Waals surface area contributed by atoms with Gasteiger partial charge < -0.3 is 15.3 Å². The molecule has 8 nitrogen and oxygen atoms in total. The molecule has 1 unspecified atom stereocenters. The van der Waals surface area contributed by atoms with Crippen LogP contribution in [-0.4, -0.2) is 73.9 Å². The number of aryl methyl sites for hydroxylation is 1. The van der Waals surface area contributed by atoms with Crippen molar-refractivity contribution in [2.24, 2.45) is 0 Å². The molecule has 3 rings (SSSR count). The zero-order valence-electron chi connectivity index (χ0n) is 19.8. The maximum Gasteiger partial charge on any atom is 0.243 e. The molecule has 2 N–H and O–H groups in total. The molecular formula is C24H34N4O4S. The van der Waals surface area contributed by atoms with Crippen molar-refractivity contribution in [1.82, 2.24) is 9.21 Å². The summed E-state index contributed by atoms with van der Waals surface area (Å²) in [6, 6.07) is 11.9. The van der Waals surface area contributed by atoms with E-state index < -0.39 is 10.0 Å². The number of nitrogens with zero attached hydrogens (tertiary/aromatic N) is 3. The fourth-order valence-electron chi connectivity index (χ4n) is 4.15. The van der Waals surface area contributed by atoms with Crippen LogP contribution in [0.15, 0.2) is 47.4 Å². The van der Waals surface area contributed by atoms with Gasteiger partial charge in [0.25, 0.3) is 0 Å². The average molecular weight is 475 g/mol. The van der Waals surface area contributed by atoms with Crippen LogP contribution in [0.4, 0.5) is 11.4 Å². The lowest BCUT2D eigenvalue weighted by molar-refractivity contribution is -0.120. The Morgan fingerprint density at radius 1 is 1.09 bits per heavy atom. The molecule has 2 aromatic rings. The van der Waals surface area contributed by atoms with Gasteiger partial charge in [-0.1, -0.05) is 32.0 Å². The summed E-state index contributed by atoms with van der Waals surface area (Å²) < 4.78 is 27.4. The highest BCUT2D eigenvalue weighted by molar-refractivity contribution is 7.89. The fraction of sp³-hybridized carbons (Fsp3) is 0.458. The molecule has 9 heteroatoms. The number of piperazine rings is 1. The van der Waals surface area contributed by atoms with E-state index in [0.717, 1.165) is 5.69 Å². The number of hydrogen-bond donors (Lipinski definition) is 2. The number of carbonyl (C=O) groups excluding carboxylic acids is 1. The molecule has 0 saturated carbocycles.